The Labute approximate surface area is 107 Å². The molecule has 16 heavy (non-hydrogen) atoms. The molecule has 0 saturated heterocycles. The van der Waals surface area contributed by atoms with Crippen molar-refractivity contribution in [2.24, 2.45) is 0 Å². The summed E-state index contributed by atoms with van der Waals surface area (Å²) in [6.45, 7) is 0. The minimum atomic E-state index is -0.591. The van der Waals surface area contributed by atoms with E-state index >= 15 is 0 Å². The molecule has 1 atom stereocenters. The van der Waals surface area contributed by atoms with Gasteiger partial charge in [-0.15, -0.1) is 11.3 Å². The van der Waals surface area contributed by atoms with E-state index in [4.69, 9.17) is 4.74 Å². The Balaban J connectivity index is 2.29. The summed E-state index contributed by atoms with van der Waals surface area (Å²) in [4.78, 5) is 0.917. The Kier molecular flexibility index (Phi) is 3.63. The van der Waals surface area contributed by atoms with Crippen LogP contribution >= 0.6 is 27.3 Å². The molecule has 1 heterocycles. The predicted molar refractivity (Wildman–Crippen MR) is 69.1 cm³/mol. The molecule has 0 aliphatic heterocycles. The van der Waals surface area contributed by atoms with Crippen molar-refractivity contribution in [1.82, 2.24) is 0 Å². The van der Waals surface area contributed by atoms with Gasteiger partial charge in [-0.3, -0.25) is 0 Å². The van der Waals surface area contributed by atoms with Crippen molar-refractivity contribution in [3.8, 4) is 5.75 Å². The molecule has 0 spiro atoms. The maximum atomic E-state index is 10.2. The molecule has 0 amide bonds. The fraction of sp³-hybridized carbons (Fsp3) is 0.167. The average Bonchev–Trinajstić information content (AvgIpc) is 2.75. The Morgan fingerprint density at radius 2 is 2.19 bits per heavy atom. The summed E-state index contributed by atoms with van der Waals surface area (Å²) in [6.07, 6.45) is -0.591. The number of ether oxygens (including phenoxy) is 1. The van der Waals surface area contributed by atoms with Gasteiger partial charge in [0.15, 0.2) is 0 Å². The van der Waals surface area contributed by atoms with Crippen LogP contribution in [0.5, 0.6) is 5.75 Å². The second-order valence-electron chi connectivity index (χ2n) is 3.35. The summed E-state index contributed by atoms with van der Waals surface area (Å²) < 4.78 is 6.12. The quantitative estimate of drug-likeness (QED) is 0.938. The second kappa shape index (κ2) is 4.99. The summed E-state index contributed by atoms with van der Waals surface area (Å²) in [7, 11) is 1.62. The van der Waals surface area contributed by atoms with Crippen LogP contribution in [-0.2, 0) is 0 Å². The van der Waals surface area contributed by atoms with Gasteiger partial charge >= 0.3 is 0 Å². The van der Waals surface area contributed by atoms with Crippen LogP contribution in [0.3, 0.4) is 0 Å². The number of aliphatic hydroxyl groups is 1. The molecule has 2 rings (SSSR count). The molecule has 2 aromatic rings. The summed E-state index contributed by atoms with van der Waals surface area (Å²) in [5.41, 5.74) is 0.841. The highest BCUT2D eigenvalue weighted by atomic mass is 79.9. The Bertz CT molecular complexity index is 481. The van der Waals surface area contributed by atoms with E-state index in [1.54, 1.807) is 7.11 Å². The van der Waals surface area contributed by atoms with E-state index in [2.05, 4.69) is 15.9 Å². The lowest BCUT2D eigenvalue weighted by molar-refractivity contribution is 0.223. The van der Waals surface area contributed by atoms with Gasteiger partial charge in [0, 0.05) is 14.7 Å². The lowest BCUT2D eigenvalue weighted by Crippen LogP contribution is -1.97. The number of aliphatic hydroxyl groups excluding tert-OH is 1. The Morgan fingerprint density at radius 3 is 2.81 bits per heavy atom. The van der Waals surface area contributed by atoms with E-state index in [1.165, 1.54) is 11.3 Å². The summed E-state index contributed by atoms with van der Waals surface area (Å²) >= 11 is 4.90. The number of rotatable bonds is 3. The highest BCUT2D eigenvalue weighted by molar-refractivity contribution is 9.10. The summed E-state index contributed by atoms with van der Waals surface area (Å²) in [5.74, 6) is 0.757. The first-order valence-electron chi connectivity index (χ1n) is 4.76. The van der Waals surface area contributed by atoms with Gasteiger partial charge in [0.2, 0.25) is 0 Å². The molecular formula is C12H11BrO2S. The van der Waals surface area contributed by atoms with Gasteiger partial charge in [-0.2, -0.15) is 0 Å². The largest absolute Gasteiger partial charge is 0.497 e. The van der Waals surface area contributed by atoms with Crippen LogP contribution in [-0.4, -0.2) is 12.2 Å². The first kappa shape index (κ1) is 11.6. The molecule has 0 bridgehead atoms. The first-order valence-corrected chi connectivity index (χ1v) is 6.44. The smallest absolute Gasteiger partial charge is 0.119 e. The average molecular weight is 299 g/mol. The van der Waals surface area contributed by atoms with Crippen molar-refractivity contribution >= 4 is 27.3 Å². The fourth-order valence-electron chi connectivity index (χ4n) is 1.45. The highest BCUT2D eigenvalue weighted by Crippen LogP contribution is 2.31. The van der Waals surface area contributed by atoms with E-state index in [0.717, 1.165) is 20.7 Å². The standard InChI is InChI=1S/C12H11BrO2S/c1-15-10-4-2-3-8(5-10)12(14)11-6-9(13)7-16-11/h2-7,12,14H,1H3. The molecule has 0 aliphatic carbocycles. The van der Waals surface area contributed by atoms with Gasteiger partial charge in [0.25, 0.3) is 0 Å². The maximum absolute atomic E-state index is 10.2. The van der Waals surface area contributed by atoms with E-state index in [-0.39, 0.29) is 0 Å². The number of methoxy groups -OCH3 is 1. The third-order valence-electron chi connectivity index (χ3n) is 2.27. The van der Waals surface area contributed by atoms with Crippen LogP contribution in [0.1, 0.15) is 16.5 Å². The molecule has 0 fully saturated rings. The normalized spacial score (nSPS) is 12.4. The van der Waals surface area contributed by atoms with Gasteiger partial charge in [0.1, 0.15) is 11.9 Å². The van der Waals surface area contributed by atoms with Crippen molar-refractivity contribution < 1.29 is 9.84 Å². The first-order chi connectivity index (χ1) is 7.70. The third kappa shape index (κ3) is 2.45. The molecule has 0 saturated carbocycles. The summed E-state index contributed by atoms with van der Waals surface area (Å²) in [6, 6.07) is 9.40. The van der Waals surface area contributed by atoms with Crippen LogP contribution in [0, 0.1) is 0 Å². The fourth-order valence-corrected chi connectivity index (χ4v) is 2.90. The highest BCUT2D eigenvalue weighted by Gasteiger charge is 2.12. The van der Waals surface area contributed by atoms with Crippen molar-refractivity contribution in [1.29, 1.82) is 0 Å². The van der Waals surface area contributed by atoms with Gasteiger partial charge in [-0.25, -0.2) is 0 Å². The van der Waals surface area contributed by atoms with Crippen molar-refractivity contribution in [2.75, 3.05) is 7.11 Å². The molecule has 1 unspecified atom stereocenters. The second-order valence-corrected chi connectivity index (χ2v) is 5.20. The van der Waals surface area contributed by atoms with Crippen molar-refractivity contribution in [3.63, 3.8) is 0 Å². The lowest BCUT2D eigenvalue weighted by Gasteiger charge is -2.10. The van der Waals surface area contributed by atoms with Crippen molar-refractivity contribution in [3.05, 3.63) is 50.6 Å². The Morgan fingerprint density at radius 1 is 1.38 bits per heavy atom. The number of halogens is 1. The lowest BCUT2D eigenvalue weighted by atomic mass is 10.1. The zero-order chi connectivity index (χ0) is 11.5. The van der Waals surface area contributed by atoms with E-state index < -0.39 is 6.10 Å². The van der Waals surface area contributed by atoms with Crippen LogP contribution < -0.4 is 4.74 Å². The van der Waals surface area contributed by atoms with E-state index in [9.17, 15) is 5.11 Å². The van der Waals surface area contributed by atoms with Crippen LogP contribution in [0.15, 0.2) is 40.2 Å². The Hall–Kier alpha value is -0.840. The minimum Gasteiger partial charge on any atom is -0.497 e. The molecular weight excluding hydrogens is 288 g/mol. The zero-order valence-electron chi connectivity index (χ0n) is 8.68. The monoisotopic (exact) mass is 298 g/mol. The van der Waals surface area contributed by atoms with Gasteiger partial charge in [-0.1, -0.05) is 12.1 Å². The number of hydrogen-bond acceptors (Lipinski definition) is 3. The molecule has 1 aromatic carbocycles. The van der Waals surface area contributed by atoms with Gasteiger partial charge in [0.05, 0.1) is 7.11 Å². The SMILES string of the molecule is COc1cccc(C(O)c2cc(Br)cs2)c1. The predicted octanol–water partition coefficient (Wildman–Crippen LogP) is 3.60. The zero-order valence-corrected chi connectivity index (χ0v) is 11.1. The van der Waals surface area contributed by atoms with Crippen LogP contribution in [0.4, 0.5) is 0 Å². The van der Waals surface area contributed by atoms with Gasteiger partial charge < -0.3 is 9.84 Å². The summed E-state index contributed by atoms with van der Waals surface area (Å²) in [5, 5.41) is 12.1. The van der Waals surface area contributed by atoms with Crippen molar-refractivity contribution in [2.45, 2.75) is 6.10 Å². The topological polar surface area (TPSA) is 29.5 Å². The molecule has 1 aromatic heterocycles. The number of thiophene rings is 1. The number of benzene rings is 1. The van der Waals surface area contributed by atoms with Gasteiger partial charge in [-0.05, 0) is 39.7 Å². The number of hydrogen-bond donors (Lipinski definition) is 1. The van der Waals surface area contributed by atoms with E-state index in [1.807, 2.05) is 35.7 Å². The minimum absolute atomic E-state index is 0.591. The molecule has 84 valence electrons. The molecule has 2 nitrogen and oxygen atoms in total. The molecule has 0 radical (unpaired) electrons. The van der Waals surface area contributed by atoms with E-state index in [0.29, 0.717) is 0 Å². The molecule has 4 heteroatoms. The maximum Gasteiger partial charge on any atom is 0.119 e. The van der Waals surface area contributed by atoms with Crippen LogP contribution in [0.25, 0.3) is 0 Å². The molecule has 0 aliphatic rings. The molecule has 1 N–H and O–H groups in total. The van der Waals surface area contributed by atoms with Crippen LogP contribution in [0.2, 0.25) is 0 Å². The third-order valence-corrected chi connectivity index (χ3v) is 4.01.